The highest BCUT2D eigenvalue weighted by atomic mass is 14.7. The van der Waals surface area contributed by atoms with Crippen molar-refractivity contribution in [2.45, 2.75) is 25.2 Å². The lowest BCUT2D eigenvalue weighted by Gasteiger charge is -2.10. The maximum Gasteiger partial charge on any atom is 0.0478 e. The third-order valence-corrected chi connectivity index (χ3v) is 3.54. The number of pyridine rings is 1. The normalized spacial score (nSPS) is 23.1. The minimum atomic E-state index is 0.493. The molecule has 0 N–H and O–H groups in total. The highest BCUT2D eigenvalue weighted by Crippen LogP contribution is 2.43. The smallest absolute Gasteiger partial charge is 0.0478 e. The summed E-state index contributed by atoms with van der Waals surface area (Å²) in [7, 11) is 0. The number of fused-ring (bicyclic) bond motifs is 1. The van der Waals surface area contributed by atoms with Gasteiger partial charge in [0.1, 0.15) is 0 Å². The van der Waals surface area contributed by atoms with E-state index in [4.69, 9.17) is 0 Å². The Hall–Kier alpha value is -1.63. The van der Waals surface area contributed by atoms with Crippen molar-refractivity contribution in [3.05, 3.63) is 65.5 Å². The predicted molar refractivity (Wildman–Crippen MR) is 65.6 cm³/mol. The molecule has 1 heteroatoms. The van der Waals surface area contributed by atoms with Crippen LogP contribution in [0.25, 0.3) is 0 Å². The van der Waals surface area contributed by atoms with Crippen LogP contribution in [-0.4, -0.2) is 4.98 Å². The maximum atomic E-state index is 4.49. The van der Waals surface area contributed by atoms with Crippen LogP contribution in [0.1, 0.15) is 42.0 Å². The first kappa shape index (κ1) is 9.59. The summed E-state index contributed by atoms with van der Waals surface area (Å²) in [5.41, 5.74) is 4.17. The van der Waals surface area contributed by atoms with Crippen LogP contribution in [-0.2, 0) is 0 Å². The zero-order valence-electron chi connectivity index (χ0n) is 9.43. The first-order chi connectivity index (χ1) is 7.86. The molecule has 1 aliphatic rings. The number of hydrogen-bond donors (Lipinski definition) is 0. The quantitative estimate of drug-likeness (QED) is 0.697. The second kappa shape index (κ2) is 3.75. The summed E-state index contributed by atoms with van der Waals surface area (Å²) in [5.74, 6) is 1.15. The fraction of sp³-hybridized carbons (Fsp3) is 0.267. The van der Waals surface area contributed by atoms with Gasteiger partial charge in [-0.15, -0.1) is 0 Å². The fourth-order valence-electron chi connectivity index (χ4n) is 2.75. The minimum absolute atomic E-state index is 0.493. The molecule has 1 aromatic heterocycles. The molecule has 0 spiro atoms. The van der Waals surface area contributed by atoms with Gasteiger partial charge in [0.2, 0.25) is 0 Å². The van der Waals surface area contributed by atoms with Gasteiger partial charge in [-0.25, -0.2) is 0 Å². The van der Waals surface area contributed by atoms with Crippen molar-refractivity contribution in [3.8, 4) is 0 Å². The van der Waals surface area contributed by atoms with Crippen molar-refractivity contribution in [2.75, 3.05) is 0 Å². The Morgan fingerprint density at radius 2 is 1.75 bits per heavy atom. The third-order valence-electron chi connectivity index (χ3n) is 3.54. The molecule has 1 heterocycles. The lowest BCUT2D eigenvalue weighted by molar-refractivity contribution is 0.673. The molecule has 3 rings (SSSR count). The Bertz CT molecular complexity index is 490. The summed E-state index contributed by atoms with van der Waals surface area (Å²) >= 11 is 0. The van der Waals surface area contributed by atoms with Crippen LogP contribution in [0, 0.1) is 0 Å². The van der Waals surface area contributed by atoms with Gasteiger partial charge in [0.25, 0.3) is 0 Å². The lowest BCUT2D eigenvalue weighted by atomic mass is 9.97. The molecule has 0 amide bonds. The Balaban J connectivity index is 2.07. The molecular weight excluding hydrogens is 194 g/mol. The largest absolute Gasteiger partial charge is 0.261 e. The summed E-state index contributed by atoms with van der Waals surface area (Å²) in [6, 6.07) is 15.0. The lowest BCUT2D eigenvalue weighted by Crippen LogP contribution is -1.98. The van der Waals surface area contributed by atoms with E-state index >= 15 is 0 Å². The average molecular weight is 209 g/mol. The van der Waals surface area contributed by atoms with Gasteiger partial charge in [0, 0.05) is 17.8 Å². The topological polar surface area (TPSA) is 12.9 Å². The van der Waals surface area contributed by atoms with E-state index in [1.165, 1.54) is 23.2 Å². The number of benzene rings is 1. The molecule has 2 atom stereocenters. The van der Waals surface area contributed by atoms with E-state index in [1.54, 1.807) is 0 Å². The number of nitrogens with zero attached hydrogens (tertiary/aromatic N) is 1. The average Bonchev–Trinajstić information content (AvgIpc) is 2.69. The van der Waals surface area contributed by atoms with E-state index < -0.39 is 0 Å². The van der Waals surface area contributed by atoms with Gasteiger partial charge in [-0.2, -0.15) is 0 Å². The second-order valence-electron chi connectivity index (χ2n) is 4.57. The Labute approximate surface area is 96.2 Å². The summed E-state index contributed by atoms with van der Waals surface area (Å²) in [6.45, 7) is 2.31. The van der Waals surface area contributed by atoms with Crippen LogP contribution in [0.3, 0.4) is 0 Å². The van der Waals surface area contributed by atoms with Crippen molar-refractivity contribution >= 4 is 0 Å². The van der Waals surface area contributed by atoms with E-state index in [0.717, 1.165) is 0 Å². The first-order valence-electron chi connectivity index (χ1n) is 5.86. The maximum absolute atomic E-state index is 4.49. The van der Waals surface area contributed by atoms with Crippen molar-refractivity contribution in [2.24, 2.45) is 0 Å². The summed E-state index contributed by atoms with van der Waals surface area (Å²) < 4.78 is 0. The second-order valence-corrected chi connectivity index (χ2v) is 4.57. The van der Waals surface area contributed by atoms with Crippen molar-refractivity contribution in [1.29, 1.82) is 0 Å². The van der Waals surface area contributed by atoms with E-state index in [1.807, 2.05) is 12.3 Å². The van der Waals surface area contributed by atoms with Crippen molar-refractivity contribution in [3.63, 3.8) is 0 Å². The summed E-state index contributed by atoms with van der Waals surface area (Å²) in [4.78, 5) is 4.49. The monoisotopic (exact) mass is 209 g/mol. The highest BCUT2D eigenvalue weighted by molar-refractivity contribution is 5.42. The van der Waals surface area contributed by atoms with E-state index in [-0.39, 0.29) is 0 Å². The standard InChI is InChI=1S/C15H15N/c1-11-10-14(15-8-4-5-9-16-15)13-7-3-2-6-12(11)13/h2-9,11,14H,10H2,1H3. The molecule has 0 saturated carbocycles. The molecule has 2 unspecified atom stereocenters. The molecule has 0 aliphatic heterocycles. The fourth-order valence-corrected chi connectivity index (χ4v) is 2.75. The van der Waals surface area contributed by atoms with Crippen LogP contribution in [0.4, 0.5) is 0 Å². The van der Waals surface area contributed by atoms with Gasteiger partial charge in [-0.05, 0) is 35.6 Å². The van der Waals surface area contributed by atoms with Crippen LogP contribution < -0.4 is 0 Å². The molecular formula is C15H15N. The Kier molecular flexibility index (Phi) is 2.24. The zero-order valence-corrected chi connectivity index (χ0v) is 9.43. The molecule has 1 nitrogen and oxygen atoms in total. The molecule has 2 aromatic rings. The third kappa shape index (κ3) is 1.44. The van der Waals surface area contributed by atoms with Gasteiger partial charge < -0.3 is 0 Å². The van der Waals surface area contributed by atoms with Gasteiger partial charge in [0.15, 0.2) is 0 Å². The summed E-state index contributed by atoms with van der Waals surface area (Å²) in [5, 5.41) is 0. The molecule has 0 bridgehead atoms. The molecule has 1 aromatic carbocycles. The predicted octanol–water partition coefficient (Wildman–Crippen LogP) is 3.72. The molecule has 0 fully saturated rings. The molecule has 0 saturated heterocycles. The number of hydrogen-bond acceptors (Lipinski definition) is 1. The Morgan fingerprint density at radius 1 is 1.00 bits per heavy atom. The van der Waals surface area contributed by atoms with Gasteiger partial charge in [-0.1, -0.05) is 37.3 Å². The van der Waals surface area contributed by atoms with Crippen LogP contribution in [0.5, 0.6) is 0 Å². The first-order valence-corrected chi connectivity index (χ1v) is 5.86. The van der Waals surface area contributed by atoms with E-state index in [0.29, 0.717) is 11.8 Å². The van der Waals surface area contributed by atoms with Crippen LogP contribution in [0.15, 0.2) is 48.7 Å². The van der Waals surface area contributed by atoms with E-state index in [2.05, 4.69) is 48.3 Å². The van der Waals surface area contributed by atoms with E-state index in [9.17, 15) is 0 Å². The number of rotatable bonds is 1. The van der Waals surface area contributed by atoms with Crippen LogP contribution >= 0.6 is 0 Å². The van der Waals surface area contributed by atoms with Gasteiger partial charge >= 0.3 is 0 Å². The minimum Gasteiger partial charge on any atom is -0.261 e. The van der Waals surface area contributed by atoms with Crippen LogP contribution in [0.2, 0.25) is 0 Å². The van der Waals surface area contributed by atoms with Crippen molar-refractivity contribution in [1.82, 2.24) is 4.98 Å². The number of aromatic nitrogens is 1. The highest BCUT2D eigenvalue weighted by Gasteiger charge is 2.29. The van der Waals surface area contributed by atoms with Gasteiger partial charge in [0.05, 0.1) is 0 Å². The molecule has 0 radical (unpaired) electrons. The zero-order chi connectivity index (χ0) is 11.0. The van der Waals surface area contributed by atoms with Crippen molar-refractivity contribution < 1.29 is 0 Å². The molecule has 80 valence electrons. The SMILES string of the molecule is CC1CC(c2ccccn2)c2ccccc21. The molecule has 16 heavy (non-hydrogen) atoms. The summed E-state index contributed by atoms with van der Waals surface area (Å²) in [6.07, 6.45) is 3.08. The Morgan fingerprint density at radius 3 is 2.50 bits per heavy atom. The molecule has 1 aliphatic carbocycles. The van der Waals surface area contributed by atoms with Gasteiger partial charge in [-0.3, -0.25) is 4.98 Å².